The monoisotopic (exact) mass is 439 g/mol. The average Bonchev–Trinajstić information content (AvgIpc) is 3.07. The molecular weight excluding hydrogens is 410 g/mol. The molecule has 0 bridgehead atoms. The molecule has 170 valence electrons. The highest BCUT2D eigenvalue weighted by Crippen LogP contribution is 2.44. The standard InChI is InChI=1S/C25H29NO6/c1-25(2,3)32-14-16(13-27)12-22(23(28)29)26-24(30)31-15-21-19-10-6-4-8-17(19)18-9-5-7-11-20(18)21/h4-11,13,16,21-22H,12,14-15H2,1-3H3,(H,26,30)(H,28,29)/t16?,22-/m0/s1. The Hall–Kier alpha value is -3.19. The molecule has 7 heteroatoms. The highest BCUT2D eigenvalue weighted by Gasteiger charge is 2.30. The predicted octanol–water partition coefficient (Wildman–Crippen LogP) is 4.00. The second-order valence-corrected chi connectivity index (χ2v) is 8.92. The van der Waals surface area contributed by atoms with Crippen LogP contribution in [0, 0.1) is 5.92 Å². The highest BCUT2D eigenvalue weighted by molar-refractivity contribution is 5.81. The molecule has 0 aromatic heterocycles. The van der Waals surface area contributed by atoms with Crippen molar-refractivity contribution in [3.05, 3.63) is 59.7 Å². The summed E-state index contributed by atoms with van der Waals surface area (Å²) in [5.74, 6) is -2.02. The lowest BCUT2D eigenvalue weighted by molar-refractivity contribution is -0.140. The molecule has 0 aliphatic heterocycles. The van der Waals surface area contributed by atoms with Crippen molar-refractivity contribution < 1.29 is 29.0 Å². The van der Waals surface area contributed by atoms with E-state index in [1.54, 1.807) is 0 Å². The summed E-state index contributed by atoms with van der Waals surface area (Å²) >= 11 is 0. The number of ether oxygens (including phenoxy) is 2. The summed E-state index contributed by atoms with van der Waals surface area (Å²) in [6, 6.07) is 14.6. The molecule has 3 rings (SSSR count). The normalized spacial score (nSPS) is 14.7. The van der Waals surface area contributed by atoms with E-state index in [0.717, 1.165) is 22.3 Å². The summed E-state index contributed by atoms with van der Waals surface area (Å²) in [6.45, 7) is 5.69. The highest BCUT2D eigenvalue weighted by atomic mass is 16.5. The molecule has 2 aromatic rings. The predicted molar refractivity (Wildman–Crippen MR) is 120 cm³/mol. The van der Waals surface area contributed by atoms with Gasteiger partial charge in [0.15, 0.2) is 0 Å². The summed E-state index contributed by atoms with van der Waals surface area (Å²) in [6.07, 6.45) is -0.263. The van der Waals surface area contributed by atoms with Crippen molar-refractivity contribution in [2.75, 3.05) is 13.2 Å². The van der Waals surface area contributed by atoms with Gasteiger partial charge in [0.25, 0.3) is 0 Å². The zero-order chi connectivity index (χ0) is 23.3. The Bertz CT molecular complexity index is 935. The summed E-state index contributed by atoms with van der Waals surface area (Å²) in [5.41, 5.74) is 3.88. The van der Waals surface area contributed by atoms with E-state index in [1.807, 2.05) is 69.3 Å². The number of rotatable bonds is 9. The molecule has 2 atom stereocenters. The Labute approximate surface area is 187 Å². The molecule has 0 saturated heterocycles. The maximum absolute atomic E-state index is 12.4. The number of fused-ring (bicyclic) bond motifs is 3. The summed E-state index contributed by atoms with van der Waals surface area (Å²) in [7, 11) is 0. The van der Waals surface area contributed by atoms with Crippen LogP contribution < -0.4 is 5.32 Å². The Balaban J connectivity index is 1.62. The van der Waals surface area contributed by atoms with Crippen molar-refractivity contribution in [3.63, 3.8) is 0 Å². The van der Waals surface area contributed by atoms with E-state index < -0.39 is 29.6 Å². The first-order chi connectivity index (χ1) is 15.2. The molecule has 0 radical (unpaired) electrons. The van der Waals surface area contributed by atoms with E-state index in [1.165, 1.54) is 0 Å². The van der Waals surface area contributed by atoms with Crippen LogP contribution in [0.25, 0.3) is 11.1 Å². The number of carboxylic acids is 1. The molecule has 0 saturated carbocycles. The SMILES string of the molecule is CC(C)(C)OCC(C=O)C[C@H](NC(=O)OCC1c2ccccc2-c2ccccc21)C(=O)O. The van der Waals surface area contributed by atoms with Gasteiger partial charge in [-0.3, -0.25) is 0 Å². The van der Waals surface area contributed by atoms with Crippen LogP contribution >= 0.6 is 0 Å². The van der Waals surface area contributed by atoms with Gasteiger partial charge >= 0.3 is 12.1 Å². The van der Waals surface area contributed by atoms with E-state index in [-0.39, 0.29) is 25.6 Å². The summed E-state index contributed by atoms with van der Waals surface area (Å²) in [4.78, 5) is 35.4. The molecule has 2 N–H and O–H groups in total. The van der Waals surface area contributed by atoms with E-state index in [9.17, 15) is 19.5 Å². The Morgan fingerprint density at radius 1 is 1.06 bits per heavy atom. The molecule has 1 aliphatic carbocycles. The van der Waals surface area contributed by atoms with Gasteiger partial charge < -0.3 is 24.7 Å². The van der Waals surface area contributed by atoms with Gasteiger partial charge in [-0.05, 0) is 49.4 Å². The zero-order valence-electron chi connectivity index (χ0n) is 18.5. The van der Waals surface area contributed by atoms with Gasteiger partial charge in [-0.15, -0.1) is 0 Å². The molecule has 1 aliphatic rings. The van der Waals surface area contributed by atoms with Crippen LogP contribution in [0.5, 0.6) is 0 Å². The molecule has 0 fully saturated rings. The van der Waals surface area contributed by atoms with Gasteiger partial charge in [0.1, 0.15) is 18.9 Å². The van der Waals surface area contributed by atoms with E-state index in [0.29, 0.717) is 6.29 Å². The Morgan fingerprint density at radius 3 is 2.12 bits per heavy atom. The van der Waals surface area contributed by atoms with Crippen molar-refractivity contribution in [1.29, 1.82) is 0 Å². The number of hydrogen-bond acceptors (Lipinski definition) is 5. The van der Waals surface area contributed by atoms with Crippen molar-refractivity contribution in [2.45, 2.75) is 44.8 Å². The third-order valence-electron chi connectivity index (χ3n) is 5.40. The molecule has 1 unspecified atom stereocenters. The number of carbonyl (C=O) groups excluding carboxylic acids is 2. The van der Waals surface area contributed by atoms with Crippen LogP contribution in [0.2, 0.25) is 0 Å². The Morgan fingerprint density at radius 2 is 1.62 bits per heavy atom. The van der Waals surface area contributed by atoms with E-state index in [2.05, 4.69) is 5.32 Å². The fourth-order valence-corrected chi connectivity index (χ4v) is 3.83. The molecular formula is C25H29NO6. The number of carbonyl (C=O) groups is 3. The minimum absolute atomic E-state index is 0.0726. The van der Waals surface area contributed by atoms with E-state index in [4.69, 9.17) is 9.47 Å². The third kappa shape index (κ3) is 5.73. The fourth-order valence-electron chi connectivity index (χ4n) is 3.83. The Kier molecular flexibility index (Phi) is 7.30. The molecule has 7 nitrogen and oxygen atoms in total. The first kappa shape index (κ1) is 23.5. The van der Waals surface area contributed by atoms with Crippen molar-refractivity contribution in [1.82, 2.24) is 5.32 Å². The molecule has 0 heterocycles. The molecule has 0 spiro atoms. The molecule has 2 aromatic carbocycles. The number of aldehydes is 1. The fraction of sp³-hybridized carbons (Fsp3) is 0.400. The quantitative estimate of drug-likeness (QED) is 0.573. The molecule has 32 heavy (non-hydrogen) atoms. The van der Waals surface area contributed by atoms with Crippen LogP contribution in [0.4, 0.5) is 4.79 Å². The van der Waals surface area contributed by atoms with Crippen LogP contribution in [-0.4, -0.2) is 48.3 Å². The molecule has 1 amide bonds. The maximum Gasteiger partial charge on any atom is 0.407 e. The zero-order valence-corrected chi connectivity index (χ0v) is 18.5. The second kappa shape index (κ2) is 9.96. The van der Waals surface area contributed by atoms with Gasteiger partial charge in [0, 0.05) is 11.8 Å². The number of hydrogen-bond donors (Lipinski definition) is 2. The van der Waals surface area contributed by atoms with Crippen LogP contribution in [0.1, 0.15) is 44.2 Å². The summed E-state index contributed by atoms with van der Waals surface area (Å²) < 4.78 is 11.0. The van der Waals surface area contributed by atoms with Gasteiger partial charge in [-0.25, -0.2) is 9.59 Å². The van der Waals surface area contributed by atoms with Crippen LogP contribution in [0.3, 0.4) is 0 Å². The van der Waals surface area contributed by atoms with Crippen molar-refractivity contribution in [2.24, 2.45) is 5.92 Å². The topological polar surface area (TPSA) is 102 Å². The first-order valence-electron chi connectivity index (χ1n) is 10.6. The van der Waals surface area contributed by atoms with Crippen LogP contribution in [0.15, 0.2) is 48.5 Å². The number of amides is 1. The maximum atomic E-state index is 12.4. The minimum Gasteiger partial charge on any atom is -0.480 e. The van der Waals surface area contributed by atoms with Crippen LogP contribution in [-0.2, 0) is 19.1 Å². The number of alkyl carbamates (subject to hydrolysis) is 1. The minimum atomic E-state index is -1.26. The van der Waals surface area contributed by atoms with Gasteiger partial charge in [-0.2, -0.15) is 0 Å². The number of nitrogens with one attached hydrogen (secondary N) is 1. The number of carboxylic acid groups (broad SMARTS) is 1. The first-order valence-corrected chi connectivity index (χ1v) is 10.6. The summed E-state index contributed by atoms with van der Waals surface area (Å²) in [5, 5.41) is 11.9. The lowest BCUT2D eigenvalue weighted by Gasteiger charge is -2.24. The van der Waals surface area contributed by atoms with Crippen molar-refractivity contribution >= 4 is 18.3 Å². The number of aliphatic carboxylic acids is 1. The van der Waals surface area contributed by atoms with Gasteiger partial charge in [-0.1, -0.05) is 48.5 Å². The van der Waals surface area contributed by atoms with E-state index >= 15 is 0 Å². The largest absolute Gasteiger partial charge is 0.480 e. The lowest BCUT2D eigenvalue weighted by Crippen LogP contribution is -2.43. The van der Waals surface area contributed by atoms with Gasteiger partial charge in [0.2, 0.25) is 0 Å². The number of benzene rings is 2. The third-order valence-corrected chi connectivity index (χ3v) is 5.40. The van der Waals surface area contributed by atoms with Crippen molar-refractivity contribution in [3.8, 4) is 11.1 Å². The van der Waals surface area contributed by atoms with Gasteiger partial charge in [0.05, 0.1) is 12.2 Å². The second-order valence-electron chi connectivity index (χ2n) is 8.92. The smallest absolute Gasteiger partial charge is 0.407 e. The lowest BCUT2D eigenvalue weighted by atomic mass is 9.98. The average molecular weight is 440 g/mol.